The van der Waals surface area contributed by atoms with Crippen molar-refractivity contribution in [1.82, 2.24) is 0 Å². The van der Waals surface area contributed by atoms with Crippen LogP contribution in [0.1, 0.15) is 54.9 Å². The molecule has 1 aromatic carbocycles. The highest BCUT2D eigenvalue weighted by Crippen LogP contribution is 2.40. The zero-order valence-corrected chi connectivity index (χ0v) is 12.4. The number of carbonyl (C=O) groups is 1. The molecule has 1 aromatic rings. The average Bonchev–Trinajstić information content (AvgIpc) is 2.78. The van der Waals surface area contributed by atoms with Crippen LogP contribution in [0.2, 0.25) is 0 Å². The number of carbonyl (C=O) groups excluding carboxylic acids is 1. The van der Waals surface area contributed by atoms with Crippen molar-refractivity contribution in [3.63, 3.8) is 0 Å². The van der Waals surface area contributed by atoms with Crippen LogP contribution in [0.5, 0.6) is 0 Å². The molecule has 1 aliphatic carbocycles. The van der Waals surface area contributed by atoms with Gasteiger partial charge < -0.3 is 0 Å². The van der Waals surface area contributed by atoms with Crippen LogP contribution in [0.15, 0.2) is 24.3 Å². The van der Waals surface area contributed by atoms with Gasteiger partial charge in [0.05, 0.1) is 6.07 Å². The SMILES string of the molecule is Cc1ccc(C(=O)CCC2CC(C)C(CC#N)C2)cc1. The molecule has 0 N–H and O–H groups in total. The van der Waals surface area contributed by atoms with Gasteiger partial charge in [-0.1, -0.05) is 36.8 Å². The highest BCUT2D eigenvalue weighted by Gasteiger charge is 2.30. The second-order valence-corrected chi connectivity index (χ2v) is 6.26. The Morgan fingerprint density at radius 1 is 1.30 bits per heavy atom. The molecule has 0 amide bonds. The number of aryl methyl sites for hydroxylation is 1. The maximum Gasteiger partial charge on any atom is 0.162 e. The van der Waals surface area contributed by atoms with Gasteiger partial charge in [0.15, 0.2) is 5.78 Å². The number of nitriles is 1. The van der Waals surface area contributed by atoms with Crippen molar-refractivity contribution in [3.05, 3.63) is 35.4 Å². The van der Waals surface area contributed by atoms with Crippen LogP contribution in [0.3, 0.4) is 0 Å². The minimum absolute atomic E-state index is 0.251. The van der Waals surface area contributed by atoms with Crippen molar-refractivity contribution in [2.45, 2.75) is 46.0 Å². The molecule has 0 bridgehead atoms. The Morgan fingerprint density at radius 2 is 2.00 bits per heavy atom. The highest BCUT2D eigenvalue weighted by atomic mass is 16.1. The minimum atomic E-state index is 0.251. The maximum absolute atomic E-state index is 12.1. The molecule has 0 aliphatic heterocycles. The standard InChI is InChI=1S/C18H23NO/c1-13-3-6-16(7-4-13)18(20)8-5-15-11-14(2)17(12-15)9-10-19/h3-4,6-7,14-15,17H,5,8-9,11-12H2,1-2H3. The lowest BCUT2D eigenvalue weighted by atomic mass is 9.95. The van der Waals surface area contributed by atoms with E-state index in [0.29, 0.717) is 30.6 Å². The summed E-state index contributed by atoms with van der Waals surface area (Å²) in [5.74, 6) is 2.05. The molecule has 0 saturated heterocycles. The maximum atomic E-state index is 12.1. The van der Waals surface area contributed by atoms with Crippen LogP contribution in [0, 0.1) is 36.0 Å². The first-order valence-corrected chi connectivity index (χ1v) is 7.57. The lowest BCUT2D eigenvalue weighted by molar-refractivity contribution is 0.0973. The topological polar surface area (TPSA) is 40.9 Å². The van der Waals surface area contributed by atoms with Gasteiger partial charge in [-0.3, -0.25) is 4.79 Å². The zero-order valence-electron chi connectivity index (χ0n) is 12.4. The summed E-state index contributed by atoms with van der Waals surface area (Å²) < 4.78 is 0. The van der Waals surface area contributed by atoms with Gasteiger partial charge in [0.25, 0.3) is 0 Å². The Morgan fingerprint density at radius 3 is 2.65 bits per heavy atom. The summed E-state index contributed by atoms with van der Waals surface area (Å²) in [6, 6.07) is 10.1. The third-order valence-electron chi connectivity index (χ3n) is 4.65. The summed E-state index contributed by atoms with van der Waals surface area (Å²) in [5.41, 5.74) is 2.01. The van der Waals surface area contributed by atoms with Crippen LogP contribution < -0.4 is 0 Å². The molecule has 2 nitrogen and oxygen atoms in total. The van der Waals surface area contributed by atoms with E-state index < -0.39 is 0 Å². The van der Waals surface area contributed by atoms with E-state index in [0.717, 1.165) is 18.4 Å². The normalized spacial score (nSPS) is 25.4. The molecule has 2 rings (SSSR count). The van der Waals surface area contributed by atoms with Crippen LogP contribution in [-0.2, 0) is 0 Å². The molecule has 0 spiro atoms. The van der Waals surface area contributed by atoms with Crippen LogP contribution in [0.4, 0.5) is 0 Å². The van der Waals surface area contributed by atoms with E-state index in [1.165, 1.54) is 12.0 Å². The first kappa shape index (κ1) is 14.8. The van der Waals surface area contributed by atoms with Crippen LogP contribution in [-0.4, -0.2) is 5.78 Å². The van der Waals surface area contributed by atoms with Gasteiger partial charge in [0.1, 0.15) is 0 Å². The fourth-order valence-corrected chi connectivity index (χ4v) is 3.33. The summed E-state index contributed by atoms with van der Waals surface area (Å²) in [6.45, 7) is 4.27. The molecule has 1 aliphatic rings. The number of ketones is 1. The molecule has 3 unspecified atom stereocenters. The number of hydrogen-bond donors (Lipinski definition) is 0. The Kier molecular flexibility index (Phi) is 4.95. The van der Waals surface area contributed by atoms with E-state index in [2.05, 4.69) is 13.0 Å². The second-order valence-electron chi connectivity index (χ2n) is 6.26. The number of benzene rings is 1. The smallest absolute Gasteiger partial charge is 0.162 e. The molecule has 0 heterocycles. The Bertz CT molecular complexity index is 497. The Labute approximate surface area is 121 Å². The monoisotopic (exact) mass is 269 g/mol. The second kappa shape index (κ2) is 6.70. The molecule has 1 fully saturated rings. The summed E-state index contributed by atoms with van der Waals surface area (Å²) in [4.78, 5) is 12.1. The number of nitrogens with zero attached hydrogens (tertiary/aromatic N) is 1. The summed E-state index contributed by atoms with van der Waals surface area (Å²) in [7, 11) is 0. The van der Waals surface area contributed by atoms with E-state index in [4.69, 9.17) is 5.26 Å². The first-order valence-electron chi connectivity index (χ1n) is 7.57. The van der Waals surface area contributed by atoms with Crippen molar-refractivity contribution in [2.75, 3.05) is 0 Å². The summed E-state index contributed by atoms with van der Waals surface area (Å²) in [6.07, 6.45) is 4.58. The van der Waals surface area contributed by atoms with Gasteiger partial charge in [0, 0.05) is 18.4 Å². The van der Waals surface area contributed by atoms with E-state index in [1.807, 2.05) is 31.2 Å². The third-order valence-corrected chi connectivity index (χ3v) is 4.65. The van der Waals surface area contributed by atoms with Crippen LogP contribution >= 0.6 is 0 Å². The van der Waals surface area contributed by atoms with Crippen molar-refractivity contribution < 1.29 is 4.79 Å². The quantitative estimate of drug-likeness (QED) is 0.737. The minimum Gasteiger partial charge on any atom is -0.294 e. The van der Waals surface area contributed by atoms with Crippen molar-refractivity contribution >= 4 is 5.78 Å². The van der Waals surface area contributed by atoms with Gasteiger partial charge in [0.2, 0.25) is 0 Å². The van der Waals surface area contributed by atoms with Gasteiger partial charge in [-0.2, -0.15) is 5.26 Å². The van der Waals surface area contributed by atoms with E-state index >= 15 is 0 Å². The molecule has 106 valence electrons. The molecule has 2 heteroatoms. The molecule has 20 heavy (non-hydrogen) atoms. The van der Waals surface area contributed by atoms with Gasteiger partial charge in [-0.15, -0.1) is 0 Å². The Hall–Kier alpha value is -1.62. The van der Waals surface area contributed by atoms with Crippen molar-refractivity contribution in [1.29, 1.82) is 5.26 Å². The third kappa shape index (κ3) is 3.70. The molecule has 3 atom stereocenters. The fraction of sp³-hybridized carbons (Fsp3) is 0.556. The lowest BCUT2D eigenvalue weighted by Gasteiger charge is -2.09. The number of Topliss-reactive ketones (excluding diaryl/α,β-unsaturated/α-hetero) is 1. The summed E-state index contributed by atoms with van der Waals surface area (Å²) >= 11 is 0. The zero-order chi connectivity index (χ0) is 14.5. The number of rotatable bonds is 5. The Balaban J connectivity index is 1.83. The van der Waals surface area contributed by atoms with Crippen molar-refractivity contribution in [3.8, 4) is 6.07 Å². The van der Waals surface area contributed by atoms with E-state index in [1.54, 1.807) is 0 Å². The predicted molar refractivity (Wildman–Crippen MR) is 80.4 cm³/mol. The van der Waals surface area contributed by atoms with Crippen LogP contribution in [0.25, 0.3) is 0 Å². The van der Waals surface area contributed by atoms with Crippen molar-refractivity contribution in [2.24, 2.45) is 17.8 Å². The van der Waals surface area contributed by atoms with Gasteiger partial charge in [-0.05, 0) is 43.9 Å². The number of hydrogen-bond acceptors (Lipinski definition) is 2. The van der Waals surface area contributed by atoms with E-state index in [9.17, 15) is 4.79 Å². The molecule has 1 saturated carbocycles. The largest absolute Gasteiger partial charge is 0.294 e. The predicted octanol–water partition coefficient (Wildman–Crippen LogP) is 4.53. The average molecular weight is 269 g/mol. The highest BCUT2D eigenvalue weighted by molar-refractivity contribution is 5.96. The molecule has 0 radical (unpaired) electrons. The summed E-state index contributed by atoms with van der Waals surface area (Å²) in [5, 5.41) is 8.82. The molecular weight excluding hydrogens is 246 g/mol. The van der Waals surface area contributed by atoms with Gasteiger partial charge >= 0.3 is 0 Å². The van der Waals surface area contributed by atoms with Gasteiger partial charge in [-0.25, -0.2) is 0 Å². The fourth-order valence-electron chi connectivity index (χ4n) is 3.33. The first-order chi connectivity index (χ1) is 9.60. The lowest BCUT2D eigenvalue weighted by Crippen LogP contribution is -2.03. The molecule has 0 aromatic heterocycles. The van der Waals surface area contributed by atoms with E-state index in [-0.39, 0.29) is 5.78 Å². The molecular formula is C18H23NO.